The van der Waals surface area contributed by atoms with Crippen LogP contribution in [0.25, 0.3) is 0 Å². The van der Waals surface area contributed by atoms with Crippen molar-refractivity contribution >= 4 is 34.9 Å². The first kappa shape index (κ1) is 46.9. The lowest BCUT2D eigenvalue weighted by Gasteiger charge is -2.32. The molecular formula is C56H68N4O6. The first-order chi connectivity index (χ1) is 32.3. The maximum absolute atomic E-state index is 13.4. The Labute approximate surface area is 391 Å². The lowest BCUT2D eigenvalue weighted by atomic mass is 9.89. The Bertz CT molecular complexity index is 2110. The number of anilines is 2. The number of hydrogen-bond acceptors (Lipinski definition) is 10. The molecule has 10 heteroatoms. The first-order valence-corrected chi connectivity index (χ1v) is 24.8. The van der Waals surface area contributed by atoms with Gasteiger partial charge in [0.15, 0.2) is 24.0 Å². The smallest absolute Gasteiger partial charge is 0.332 e. The molecule has 10 nitrogen and oxygen atoms in total. The van der Waals surface area contributed by atoms with Crippen molar-refractivity contribution in [3.05, 3.63) is 143 Å². The minimum atomic E-state index is -0.648. The third-order valence-electron chi connectivity index (χ3n) is 14.2. The molecule has 4 heterocycles. The second kappa shape index (κ2) is 23.7. The van der Waals surface area contributed by atoms with E-state index in [-0.39, 0.29) is 11.6 Å². The molecule has 2 saturated heterocycles. The van der Waals surface area contributed by atoms with Crippen LogP contribution in [-0.2, 0) is 45.0 Å². The van der Waals surface area contributed by atoms with Crippen molar-refractivity contribution in [2.24, 2.45) is 11.8 Å². The fourth-order valence-corrected chi connectivity index (χ4v) is 10.2. The van der Waals surface area contributed by atoms with Gasteiger partial charge in [-0.05, 0) is 149 Å². The van der Waals surface area contributed by atoms with Crippen molar-refractivity contribution in [2.75, 3.05) is 36.8 Å². The Morgan fingerprint density at radius 1 is 0.515 bits per heavy atom. The molecule has 0 aromatic heterocycles. The van der Waals surface area contributed by atoms with Crippen LogP contribution in [-0.4, -0.2) is 71.9 Å². The summed E-state index contributed by atoms with van der Waals surface area (Å²) in [7, 11) is 0. The summed E-state index contributed by atoms with van der Waals surface area (Å²) in [5, 5.41) is 6.78. The Morgan fingerprint density at radius 3 is 1.33 bits per heavy atom. The van der Waals surface area contributed by atoms with Gasteiger partial charge in [0.2, 0.25) is 0 Å². The summed E-state index contributed by atoms with van der Waals surface area (Å²) in [5.41, 5.74) is 7.83. The van der Waals surface area contributed by atoms with Gasteiger partial charge in [0, 0.05) is 73.4 Å². The normalized spacial score (nSPS) is 20.0. The van der Waals surface area contributed by atoms with Gasteiger partial charge in [-0.1, -0.05) is 84.9 Å². The second-order valence-electron chi connectivity index (χ2n) is 19.0. The van der Waals surface area contributed by atoms with Crippen LogP contribution >= 0.6 is 0 Å². The number of fused-ring (bicyclic) bond motifs is 2. The minimum Gasteiger partial charge on any atom is -0.439 e. The van der Waals surface area contributed by atoms with Gasteiger partial charge in [0.05, 0.1) is 0 Å². The van der Waals surface area contributed by atoms with Crippen LogP contribution in [0.2, 0.25) is 0 Å². The predicted octanol–water partition coefficient (Wildman–Crippen LogP) is 10.7. The van der Waals surface area contributed by atoms with Crippen molar-refractivity contribution in [3.63, 3.8) is 0 Å². The molecule has 2 atom stereocenters. The monoisotopic (exact) mass is 893 g/mol. The van der Waals surface area contributed by atoms with E-state index in [1.165, 1.54) is 11.1 Å². The number of nitrogens with one attached hydrogen (secondary N) is 2. The third kappa shape index (κ3) is 14.0. The number of aryl methyl sites for hydroxylation is 2. The van der Waals surface area contributed by atoms with Gasteiger partial charge in [-0.15, -0.1) is 0 Å². The van der Waals surface area contributed by atoms with E-state index in [9.17, 15) is 19.2 Å². The number of nitrogens with zero attached hydrogens (tertiary/aromatic N) is 2. The molecule has 0 amide bonds. The van der Waals surface area contributed by atoms with Crippen molar-refractivity contribution in [1.29, 1.82) is 0 Å². The number of Topliss-reactive ketones (excluding diaryl/α,β-unsaturated/α-hetero) is 2. The minimum absolute atomic E-state index is 0.136. The van der Waals surface area contributed by atoms with E-state index in [2.05, 4.69) is 81.1 Å². The zero-order chi connectivity index (χ0) is 45.5. The molecule has 348 valence electrons. The lowest BCUT2D eigenvalue weighted by molar-refractivity contribution is -0.144. The number of benzene rings is 4. The van der Waals surface area contributed by atoms with E-state index in [1.54, 1.807) is 0 Å². The summed E-state index contributed by atoms with van der Waals surface area (Å²) < 4.78 is 11.6. The summed E-state index contributed by atoms with van der Waals surface area (Å²) in [5.74, 6) is 0.0729. The highest BCUT2D eigenvalue weighted by atomic mass is 16.6. The number of carbonyl (C=O) groups is 4. The summed E-state index contributed by atoms with van der Waals surface area (Å²) >= 11 is 0. The molecule has 8 rings (SSSR count). The summed E-state index contributed by atoms with van der Waals surface area (Å²) in [4.78, 5) is 58.1. The van der Waals surface area contributed by atoms with Crippen LogP contribution in [0.15, 0.2) is 109 Å². The van der Waals surface area contributed by atoms with Gasteiger partial charge in [-0.3, -0.25) is 19.4 Å². The molecule has 4 aliphatic rings. The highest BCUT2D eigenvalue weighted by Gasteiger charge is 2.25. The number of ether oxygens (including phenoxy) is 2. The zero-order valence-electron chi connectivity index (χ0n) is 38.6. The number of rotatable bonds is 16. The average Bonchev–Trinajstić information content (AvgIpc) is 3.32. The standard InChI is InChI=1S/C56H68N4O6/c61-51(25-19-41-29-33-59(34-30-41)39-43-11-3-1-4-12-43)47-23-21-45-15-7-9-17-53(57-49(45)37-47)65-55(63)27-28-56(64)66-54-18-10-8-16-46-22-24-48(38-50(46)58-54)52(62)26-20-42-31-35-60(36-32-42)40-44-13-5-2-6-14-44/h1-6,11-14,21-24,27-28,37-38,41-42,53-54,57-58H,7-10,15-20,25-26,29-36,39-40H2/b28-27+. The van der Waals surface area contributed by atoms with E-state index in [0.29, 0.717) is 48.6 Å². The van der Waals surface area contributed by atoms with E-state index in [0.717, 1.165) is 151 Å². The average molecular weight is 893 g/mol. The molecule has 0 saturated carbocycles. The fraction of sp³-hybridized carbons (Fsp3) is 0.464. The Morgan fingerprint density at radius 2 is 0.924 bits per heavy atom. The Balaban J connectivity index is 0.778. The molecule has 2 fully saturated rings. The number of carbonyl (C=O) groups excluding carboxylic acids is 4. The number of likely N-dealkylation sites (tertiary alicyclic amines) is 2. The van der Waals surface area contributed by atoms with Gasteiger partial charge in [0.1, 0.15) is 0 Å². The summed E-state index contributed by atoms with van der Waals surface area (Å²) in [6, 6.07) is 32.9. The second-order valence-corrected chi connectivity index (χ2v) is 19.0. The molecule has 66 heavy (non-hydrogen) atoms. The predicted molar refractivity (Wildman–Crippen MR) is 260 cm³/mol. The SMILES string of the molecule is O=C(/C=C/C(=O)OC1CCCCc2ccc(C(=O)CCC3CCN(Cc4ccccc4)CC3)cc2N1)OC1CCCCc2ccc(C(=O)CCC3CCN(Cc4ccccc4)CC3)cc2N1. The molecule has 0 bridgehead atoms. The van der Waals surface area contributed by atoms with Crippen molar-refractivity contribution in [3.8, 4) is 0 Å². The highest BCUT2D eigenvalue weighted by molar-refractivity contribution is 5.98. The lowest BCUT2D eigenvalue weighted by Crippen LogP contribution is -2.33. The molecule has 4 aliphatic heterocycles. The van der Waals surface area contributed by atoms with Gasteiger partial charge < -0.3 is 20.1 Å². The highest BCUT2D eigenvalue weighted by Crippen LogP contribution is 2.30. The van der Waals surface area contributed by atoms with E-state index in [1.807, 2.05) is 36.4 Å². The van der Waals surface area contributed by atoms with Crippen molar-refractivity contribution in [1.82, 2.24) is 9.80 Å². The molecule has 2 N–H and O–H groups in total. The largest absolute Gasteiger partial charge is 0.439 e. The van der Waals surface area contributed by atoms with Crippen LogP contribution in [0.3, 0.4) is 0 Å². The van der Waals surface area contributed by atoms with Crippen LogP contribution in [0.5, 0.6) is 0 Å². The van der Waals surface area contributed by atoms with E-state index in [4.69, 9.17) is 9.47 Å². The van der Waals surface area contributed by atoms with Crippen LogP contribution in [0, 0.1) is 11.8 Å². The van der Waals surface area contributed by atoms with Crippen LogP contribution in [0.4, 0.5) is 11.4 Å². The Hall–Kier alpha value is -5.58. The topological polar surface area (TPSA) is 117 Å². The number of ketones is 2. The first-order valence-electron chi connectivity index (χ1n) is 24.8. The summed E-state index contributed by atoms with van der Waals surface area (Å²) in [6.45, 7) is 6.18. The molecule has 2 unspecified atom stereocenters. The van der Waals surface area contributed by atoms with Crippen LogP contribution < -0.4 is 10.6 Å². The molecule has 4 aromatic rings. The quantitative estimate of drug-likeness (QED) is 0.0640. The molecule has 0 radical (unpaired) electrons. The van der Waals surface area contributed by atoms with E-state index >= 15 is 0 Å². The van der Waals surface area contributed by atoms with Gasteiger partial charge in [-0.2, -0.15) is 0 Å². The zero-order valence-corrected chi connectivity index (χ0v) is 38.6. The number of hydrogen-bond donors (Lipinski definition) is 2. The van der Waals surface area contributed by atoms with Crippen LogP contribution in [0.1, 0.15) is 133 Å². The molecule has 0 spiro atoms. The third-order valence-corrected chi connectivity index (χ3v) is 14.2. The molecule has 4 aromatic carbocycles. The summed E-state index contributed by atoms with van der Waals surface area (Å²) in [6.07, 6.45) is 14.8. The number of piperidine rings is 2. The Kier molecular flexibility index (Phi) is 16.9. The van der Waals surface area contributed by atoms with Gasteiger partial charge >= 0.3 is 11.9 Å². The maximum Gasteiger partial charge on any atom is 0.332 e. The maximum atomic E-state index is 13.4. The van der Waals surface area contributed by atoms with Crippen molar-refractivity contribution in [2.45, 2.75) is 128 Å². The van der Waals surface area contributed by atoms with E-state index < -0.39 is 24.4 Å². The van der Waals surface area contributed by atoms with Gasteiger partial charge in [-0.25, -0.2) is 9.59 Å². The van der Waals surface area contributed by atoms with Crippen molar-refractivity contribution < 1.29 is 28.7 Å². The number of esters is 2. The van der Waals surface area contributed by atoms with Gasteiger partial charge in [0.25, 0.3) is 0 Å². The fourth-order valence-electron chi connectivity index (χ4n) is 10.2. The molecule has 0 aliphatic carbocycles. The molecular weight excluding hydrogens is 825 g/mol.